The number of nitrogens with zero attached hydrogens (tertiary/aromatic N) is 1. The van der Waals surface area contributed by atoms with Gasteiger partial charge < -0.3 is 0 Å². The normalized spacial score (nSPS) is 14.1. The number of aryl methyl sites for hydroxylation is 3. The molecule has 1 aromatic heterocycles. The van der Waals surface area contributed by atoms with Crippen LogP contribution >= 0.6 is 15.9 Å². The van der Waals surface area contributed by atoms with E-state index in [0.29, 0.717) is 0 Å². The minimum atomic E-state index is 1.02. The first kappa shape index (κ1) is 10.1. The fraction of sp³-hybridized carbons (Fsp3) is 0.308. The maximum Gasteiger partial charge on any atom is 0.107 e. The summed E-state index contributed by atoms with van der Waals surface area (Å²) in [5.74, 6) is 0. The van der Waals surface area contributed by atoms with Crippen LogP contribution in [0.5, 0.6) is 0 Å². The molecule has 0 bridgehead atoms. The van der Waals surface area contributed by atoms with Crippen molar-refractivity contribution in [1.29, 1.82) is 0 Å². The minimum absolute atomic E-state index is 1.02. The molecule has 0 saturated carbocycles. The van der Waals surface area contributed by atoms with Crippen LogP contribution in [0.1, 0.15) is 23.2 Å². The Hall–Kier alpha value is -1.09. The van der Waals surface area contributed by atoms with E-state index < -0.39 is 0 Å². The van der Waals surface area contributed by atoms with Crippen LogP contribution in [-0.2, 0) is 12.8 Å². The zero-order valence-corrected chi connectivity index (χ0v) is 10.8. The summed E-state index contributed by atoms with van der Waals surface area (Å²) in [6.45, 7) is 2.02. The van der Waals surface area contributed by atoms with Crippen LogP contribution in [0.4, 0.5) is 0 Å². The van der Waals surface area contributed by atoms with Crippen LogP contribution < -0.4 is 0 Å². The van der Waals surface area contributed by atoms with E-state index in [1.54, 1.807) is 0 Å². The smallest absolute Gasteiger partial charge is 0.107 e. The minimum Gasteiger partial charge on any atom is -0.281 e. The van der Waals surface area contributed by atoms with Gasteiger partial charge in [0.2, 0.25) is 0 Å². The molecule has 3 heteroatoms. The average Bonchev–Trinajstić information content (AvgIpc) is 2.86. The molecule has 1 heterocycles. The van der Waals surface area contributed by atoms with E-state index in [9.17, 15) is 0 Å². The van der Waals surface area contributed by atoms with Gasteiger partial charge in [-0.2, -0.15) is 5.10 Å². The molecular weight excluding hydrogens is 264 g/mol. The number of halogens is 1. The molecule has 82 valence electrons. The van der Waals surface area contributed by atoms with Crippen molar-refractivity contribution in [3.05, 3.63) is 39.5 Å². The number of aromatic nitrogens is 2. The number of aromatic amines is 1. The van der Waals surface area contributed by atoms with E-state index in [0.717, 1.165) is 15.9 Å². The van der Waals surface area contributed by atoms with Crippen molar-refractivity contribution in [1.82, 2.24) is 10.2 Å². The van der Waals surface area contributed by atoms with Crippen LogP contribution in [0.25, 0.3) is 11.3 Å². The van der Waals surface area contributed by atoms with E-state index in [2.05, 4.69) is 44.3 Å². The number of hydrogen-bond acceptors (Lipinski definition) is 1. The Bertz CT molecular complexity index is 543. The number of hydrogen-bond donors (Lipinski definition) is 1. The molecule has 0 atom stereocenters. The lowest BCUT2D eigenvalue weighted by Crippen LogP contribution is -1.85. The van der Waals surface area contributed by atoms with Gasteiger partial charge in [0.15, 0.2) is 0 Å². The first-order chi connectivity index (χ1) is 7.75. The Morgan fingerprint density at radius 1 is 1.25 bits per heavy atom. The molecule has 16 heavy (non-hydrogen) atoms. The molecule has 2 aromatic rings. The Morgan fingerprint density at radius 2 is 2.06 bits per heavy atom. The fourth-order valence-electron chi connectivity index (χ4n) is 2.33. The van der Waals surface area contributed by atoms with Crippen molar-refractivity contribution in [2.45, 2.75) is 26.2 Å². The van der Waals surface area contributed by atoms with Crippen molar-refractivity contribution in [3.8, 4) is 11.3 Å². The molecule has 1 N–H and O–H groups in total. The average molecular weight is 277 g/mol. The zero-order valence-electron chi connectivity index (χ0n) is 9.18. The van der Waals surface area contributed by atoms with Gasteiger partial charge in [-0.15, -0.1) is 0 Å². The molecule has 0 fully saturated rings. The summed E-state index contributed by atoms with van der Waals surface area (Å²) in [5, 5.41) is 7.35. The van der Waals surface area contributed by atoms with E-state index in [1.807, 2.05) is 6.92 Å². The van der Waals surface area contributed by atoms with Gasteiger partial charge in [0.1, 0.15) is 5.69 Å². The SMILES string of the molecule is Cc1[nH]nc(-c2ccc3c(c2)CCC3)c1Br. The molecule has 2 nitrogen and oxygen atoms in total. The van der Waals surface area contributed by atoms with Gasteiger partial charge in [0.25, 0.3) is 0 Å². The monoisotopic (exact) mass is 276 g/mol. The van der Waals surface area contributed by atoms with Crippen molar-refractivity contribution < 1.29 is 0 Å². The molecular formula is C13H13BrN2. The highest BCUT2D eigenvalue weighted by molar-refractivity contribution is 9.10. The summed E-state index contributed by atoms with van der Waals surface area (Å²) in [7, 11) is 0. The van der Waals surface area contributed by atoms with Crippen molar-refractivity contribution in [2.75, 3.05) is 0 Å². The van der Waals surface area contributed by atoms with E-state index in [1.165, 1.54) is 36.0 Å². The Labute approximate surface area is 103 Å². The highest BCUT2D eigenvalue weighted by Crippen LogP contribution is 2.32. The van der Waals surface area contributed by atoms with Crippen LogP contribution in [-0.4, -0.2) is 10.2 Å². The van der Waals surface area contributed by atoms with Gasteiger partial charge in [-0.1, -0.05) is 12.1 Å². The second-order valence-corrected chi connectivity index (χ2v) is 5.14. The van der Waals surface area contributed by atoms with Crippen LogP contribution in [0.3, 0.4) is 0 Å². The molecule has 1 aliphatic rings. The van der Waals surface area contributed by atoms with Crippen LogP contribution in [0, 0.1) is 6.92 Å². The molecule has 0 aliphatic heterocycles. The number of fused-ring (bicyclic) bond motifs is 1. The van der Waals surface area contributed by atoms with Gasteiger partial charge in [0.05, 0.1) is 4.47 Å². The molecule has 0 unspecified atom stereocenters. The van der Waals surface area contributed by atoms with Crippen LogP contribution in [0.15, 0.2) is 22.7 Å². The lowest BCUT2D eigenvalue weighted by atomic mass is 10.0. The molecule has 0 spiro atoms. The van der Waals surface area contributed by atoms with Crippen LogP contribution in [0.2, 0.25) is 0 Å². The molecule has 0 saturated heterocycles. The Kier molecular flexibility index (Phi) is 2.36. The third-order valence-corrected chi connectivity index (χ3v) is 4.21. The standard InChI is InChI=1S/C13H13BrN2/c1-8-12(14)13(16-15-8)11-6-5-9-3-2-4-10(9)7-11/h5-7H,2-4H2,1H3,(H,15,16). The zero-order chi connectivity index (χ0) is 11.1. The van der Waals surface area contributed by atoms with Gasteiger partial charge in [0, 0.05) is 11.3 Å². The summed E-state index contributed by atoms with van der Waals surface area (Å²) in [6, 6.07) is 6.70. The van der Waals surface area contributed by atoms with Gasteiger partial charge in [-0.05, 0) is 59.3 Å². The van der Waals surface area contributed by atoms with E-state index >= 15 is 0 Å². The summed E-state index contributed by atoms with van der Waals surface area (Å²) >= 11 is 3.57. The third-order valence-electron chi connectivity index (χ3n) is 3.24. The van der Waals surface area contributed by atoms with Gasteiger partial charge >= 0.3 is 0 Å². The van der Waals surface area contributed by atoms with Crippen molar-refractivity contribution in [3.63, 3.8) is 0 Å². The molecule has 1 aromatic carbocycles. The topological polar surface area (TPSA) is 28.7 Å². The van der Waals surface area contributed by atoms with Gasteiger partial charge in [-0.25, -0.2) is 0 Å². The predicted molar refractivity (Wildman–Crippen MR) is 68.5 cm³/mol. The number of nitrogens with one attached hydrogen (secondary N) is 1. The van der Waals surface area contributed by atoms with Crippen molar-refractivity contribution in [2.24, 2.45) is 0 Å². The summed E-state index contributed by atoms with van der Waals surface area (Å²) in [6.07, 6.45) is 3.74. The molecule has 3 rings (SSSR count). The maximum atomic E-state index is 4.34. The number of rotatable bonds is 1. The van der Waals surface area contributed by atoms with Gasteiger partial charge in [-0.3, -0.25) is 5.10 Å². The first-order valence-electron chi connectivity index (χ1n) is 5.58. The number of H-pyrrole nitrogens is 1. The second kappa shape index (κ2) is 3.74. The third kappa shape index (κ3) is 1.50. The second-order valence-electron chi connectivity index (χ2n) is 4.35. The summed E-state index contributed by atoms with van der Waals surface area (Å²) in [5.41, 5.74) is 6.30. The maximum absolute atomic E-state index is 4.34. The van der Waals surface area contributed by atoms with E-state index in [4.69, 9.17) is 0 Å². The number of benzene rings is 1. The molecule has 0 amide bonds. The molecule has 1 aliphatic carbocycles. The summed E-state index contributed by atoms with van der Waals surface area (Å²) in [4.78, 5) is 0. The van der Waals surface area contributed by atoms with Crippen molar-refractivity contribution >= 4 is 15.9 Å². The Balaban J connectivity index is 2.10. The largest absolute Gasteiger partial charge is 0.281 e. The summed E-state index contributed by atoms with van der Waals surface area (Å²) < 4.78 is 1.07. The quantitative estimate of drug-likeness (QED) is 0.847. The lowest BCUT2D eigenvalue weighted by molar-refractivity contribution is 0.912. The highest BCUT2D eigenvalue weighted by Gasteiger charge is 2.14. The van der Waals surface area contributed by atoms with E-state index in [-0.39, 0.29) is 0 Å². The lowest BCUT2D eigenvalue weighted by Gasteiger charge is -2.02. The fourth-order valence-corrected chi connectivity index (χ4v) is 2.73. The Morgan fingerprint density at radius 3 is 2.81 bits per heavy atom. The molecule has 0 radical (unpaired) electrons. The predicted octanol–water partition coefficient (Wildman–Crippen LogP) is 3.64. The first-order valence-corrected chi connectivity index (χ1v) is 6.37. The highest BCUT2D eigenvalue weighted by atomic mass is 79.9.